The zero-order valence-corrected chi connectivity index (χ0v) is 13.7. The first kappa shape index (κ1) is 17.1. The normalized spacial score (nSPS) is 17.7. The van der Waals surface area contributed by atoms with Crippen molar-refractivity contribution in [3.8, 4) is 0 Å². The number of hydrogen-bond donors (Lipinski definition) is 1. The molecule has 1 aliphatic heterocycles. The molecule has 2 heterocycles. The van der Waals surface area contributed by atoms with Gasteiger partial charge in [-0.05, 0) is 31.0 Å². The van der Waals surface area contributed by atoms with E-state index in [1.165, 1.54) is 12.1 Å². The van der Waals surface area contributed by atoms with Gasteiger partial charge in [0.25, 0.3) is 5.69 Å². The number of pyridine rings is 1. The van der Waals surface area contributed by atoms with Crippen LogP contribution in [0.5, 0.6) is 0 Å². The van der Waals surface area contributed by atoms with E-state index in [4.69, 9.17) is 5.11 Å². The standard InChI is InChI=1S/C17H20N4O4/c22-9-1-2-15-11-19(12-23)7-8-20(15)17-6-3-13-10-14(21(24)25)4-5-16(13)18-17/h3-6,10,12,15,22H,1-2,7-9,11H2. The number of aromatic nitrogens is 1. The molecule has 132 valence electrons. The van der Waals surface area contributed by atoms with E-state index in [2.05, 4.69) is 9.88 Å². The maximum absolute atomic E-state index is 11.1. The van der Waals surface area contributed by atoms with Crippen molar-refractivity contribution >= 4 is 28.8 Å². The number of hydrogen-bond acceptors (Lipinski definition) is 6. The Morgan fingerprint density at radius 1 is 1.32 bits per heavy atom. The highest BCUT2D eigenvalue weighted by Crippen LogP contribution is 2.26. The van der Waals surface area contributed by atoms with Crippen LogP contribution in [0.25, 0.3) is 10.9 Å². The lowest BCUT2D eigenvalue weighted by Crippen LogP contribution is -2.53. The van der Waals surface area contributed by atoms with E-state index < -0.39 is 4.92 Å². The molecular weight excluding hydrogens is 324 g/mol. The quantitative estimate of drug-likeness (QED) is 0.485. The molecule has 0 spiro atoms. The fourth-order valence-corrected chi connectivity index (χ4v) is 3.23. The van der Waals surface area contributed by atoms with Gasteiger partial charge in [-0.25, -0.2) is 4.98 Å². The minimum atomic E-state index is -0.420. The smallest absolute Gasteiger partial charge is 0.270 e. The molecule has 1 aromatic carbocycles. The number of nitro groups is 1. The molecule has 1 fully saturated rings. The summed E-state index contributed by atoms with van der Waals surface area (Å²) >= 11 is 0. The first-order chi connectivity index (χ1) is 12.1. The van der Waals surface area contributed by atoms with Crippen molar-refractivity contribution in [1.82, 2.24) is 9.88 Å². The van der Waals surface area contributed by atoms with E-state index in [1.807, 2.05) is 12.1 Å². The molecule has 1 atom stereocenters. The van der Waals surface area contributed by atoms with Crippen LogP contribution in [-0.4, -0.2) is 58.6 Å². The predicted molar refractivity (Wildman–Crippen MR) is 93.5 cm³/mol. The number of carbonyl (C=O) groups is 1. The van der Waals surface area contributed by atoms with E-state index >= 15 is 0 Å². The number of aliphatic hydroxyl groups is 1. The van der Waals surface area contributed by atoms with Crippen LogP contribution < -0.4 is 4.90 Å². The Morgan fingerprint density at radius 3 is 2.88 bits per heavy atom. The minimum absolute atomic E-state index is 0.0440. The molecule has 1 amide bonds. The molecule has 8 heteroatoms. The first-order valence-corrected chi connectivity index (χ1v) is 8.24. The Hall–Kier alpha value is -2.74. The summed E-state index contributed by atoms with van der Waals surface area (Å²) in [6.45, 7) is 2.00. The molecule has 0 bridgehead atoms. The van der Waals surface area contributed by atoms with Crippen molar-refractivity contribution in [2.75, 3.05) is 31.1 Å². The monoisotopic (exact) mass is 344 g/mol. The second-order valence-electron chi connectivity index (χ2n) is 6.12. The van der Waals surface area contributed by atoms with Crippen molar-refractivity contribution in [3.63, 3.8) is 0 Å². The fourth-order valence-electron chi connectivity index (χ4n) is 3.23. The highest BCUT2D eigenvalue weighted by atomic mass is 16.6. The first-order valence-electron chi connectivity index (χ1n) is 8.24. The second kappa shape index (κ2) is 7.43. The van der Waals surface area contributed by atoms with Gasteiger partial charge in [0.2, 0.25) is 6.41 Å². The topological polar surface area (TPSA) is 99.8 Å². The molecule has 0 saturated carbocycles. The largest absolute Gasteiger partial charge is 0.396 e. The van der Waals surface area contributed by atoms with Gasteiger partial charge >= 0.3 is 0 Å². The summed E-state index contributed by atoms with van der Waals surface area (Å²) in [5.41, 5.74) is 0.740. The van der Waals surface area contributed by atoms with Gasteiger partial charge < -0.3 is 14.9 Å². The Bertz CT molecular complexity index is 782. The van der Waals surface area contributed by atoms with Gasteiger partial charge in [0.05, 0.1) is 10.4 Å². The van der Waals surface area contributed by atoms with E-state index in [0.29, 0.717) is 31.6 Å². The lowest BCUT2D eigenvalue weighted by Gasteiger charge is -2.41. The van der Waals surface area contributed by atoms with Crippen LogP contribution in [0.15, 0.2) is 30.3 Å². The van der Waals surface area contributed by atoms with Crippen molar-refractivity contribution in [3.05, 3.63) is 40.4 Å². The van der Waals surface area contributed by atoms with Crippen LogP contribution in [0.3, 0.4) is 0 Å². The summed E-state index contributed by atoms with van der Waals surface area (Å²) in [7, 11) is 0. The Morgan fingerprint density at radius 2 is 2.16 bits per heavy atom. The molecule has 1 N–H and O–H groups in total. The van der Waals surface area contributed by atoms with Gasteiger partial charge in [0, 0.05) is 49.8 Å². The molecule has 1 unspecified atom stereocenters. The number of nitrogens with zero attached hydrogens (tertiary/aromatic N) is 4. The third-order valence-corrected chi connectivity index (χ3v) is 4.52. The molecule has 2 aromatic rings. The summed E-state index contributed by atoms with van der Waals surface area (Å²) in [6.07, 6.45) is 2.28. The minimum Gasteiger partial charge on any atom is -0.396 e. The molecule has 0 radical (unpaired) electrons. The number of anilines is 1. The number of rotatable bonds is 6. The number of carbonyl (C=O) groups excluding carboxylic acids is 1. The summed E-state index contributed by atoms with van der Waals surface area (Å²) < 4.78 is 0. The summed E-state index contributed by atoms with van der Waals surface area (Å²) in [5, 5.41) is 20.7. The summed E-state index contributed by atoms with van der Waals surface area (Å²) in [5.74, 6) is 0.787. The van der Waals surface area contributed by atoms with Crippen LogP contribution in [-0.2, 0) is 4.79 Å². The predicted octanol–water partition coefficient (Wildman–Crippen LogP) is 1.56. The van der Waals surface area contributed by atoms with Crippen LogP contribution in [0.1, 0.15) is 12.8 Å². The van der Waals surface area contributed by atoms with Gasteiger partial charge in [-0.3, -0.25) is 14.9 Å². The zero-order chi connectivity index (χ0) is 17.8. The molecule has 1 aliphatic rings. The van der Waals surface area contributed by atoms with Crippen LogP contribution >= 0.6 is 0 Å². The molecule has 8 nitrogen and oxygen atoms in total. The average Bonchev–Trinajstić information content (AvgIpc) is 2.65. The zero-order valence-electron chi connectivity index (χ0n) is 13.7. The lowest BCUT2D eigenvalue weighted by atomic mass is 10.1. The third-order valence-electron chi connectivity index (χ3n) is 4.52. The number of fused-ring (bicyclic) bond motifs is 1. The molecule has 3 rings (SSSR count). The molecule has 0 aliphatic carbocycles. The van der Waals surface area contributed by atoms with Gasteiger partial charge in [0.15, 0.2) is 0 Å². The van der Waals surface area contributed by atoms with E-state index in [0.717, 1.165) is 24.0 Å². The van der Waals surface area contributed by atoms with Gasteiger partial charge in [-0.2, -0.15) is 0 Å². The number of piperazine rings is 1. The SMILES string of the molecule is O=CN1CCN(c2ccc3cc([N+](=O)[O-])ccc3n2)C(CCCO)C1. The number of aliphatic hydroxyl groups excluding tert-OH is 1. The summed E-state index contributed by atoms with van der Waals surface area (Å²) in [4.78, 5) is 30.1. The third kappa shape index (κ3) is 3.69. The van der Waals surface area contributed by atoms with Crippen LogP contribution in [0, 0.1) is 10.1 Å². The van der Waals surface area contributed by atoms with Crippen molar-refractivity contribution in [1.29, 1.82) is 0 Å². The summed E-state index contributed by atoms with van der Waals surface area (Å²) in [6, 6.07) is 8.40. The molecule has 1 saturated heterocycles. The average molecular weight is 344 g/mol. The molecular formula is C17H20N4O4. The molecule has 1 aromatic heterocycles. The highest BCUT2D eigenvalue weighted by Gasteiger charge is 2.27. The van der Waals surface area contributed by atoms with Gasteiger partial charge in [0.1, 0.15) is 5.82 Å². The van der Waals surface area contributed by atoms with E-state index in [1.54, 1.807) is 11.0 Å². The second-order valence-corrected chi connectivity index (χ2v) is 6.12. The Balaban J connectivity index is 1.88. The lowest BCUT2D eigenvalue weighted by molar-refractivity contribution is -0.384. The van der Waals surface area contributed by atoms with E-state index in [-0.39, 0.29) is 18.3 Å². The fraction of sp³-hybridized carbons (Fsp3) is 0.412. The van der Waals surface area contributed by atoms with Crippen molar-refractivity contribution < 1.29 is 14.8 Å². The van der Waals surface area contributed by atoms with Crippen LogP contribution in [0.4, 0.5) is 11.5 Å². The highest BCUT2D eigenvalue weighted by molar-refractivity contribution is 5.82. The van der Waals surface area contributed by atoms with Crippen molar-refractivity contribution in [2.24, 2.45) is 0 Å². The maximum atomic E-state index is 11.1. The van der Waals surface area contributed by atoms with E-state index in [9.17, 15) is 14.9 Å². The number of non-ortho nitro benzene ring substituents is 1. The Kier molecular flexibility index (Phi) is 5.08. The van der Waals surface area contributed by atoms with Crippen molar-refractivity contribution in [2.45, 2.75) is 18.9 Å². The number of nitro benzene ring substituents is 1. The maximum Gasteiger partial charge on any atom is 0.270 e. The van der Waals surface area contributed by atoms with Crippen LogP contribution in [0.2, 0.25) is 0 Å². The molecule has 25 heavy (non-hydrogen) atoms. The van der Waals surface area contributed by atoms with Gasteiger partial charge in [-0.15, -0.1) is 0 Å². The number of amides is 1. The Labute approximate surface area is 144 Å². The number of benzene rings is 1. The van der Waals surface area contributed by atoms with Gasteiger partial charge in [-0.1, -0.05) is 0 Å².